The Morgan fingerprint density at radius 1 is 1.10 bits per heavy atom. The maximum absolute atomic E-state index is 14.0. The third-order valence-electron chi connectivity index (χ3n) is 7.29. The van der Waals surface area contributed by atoms with E-state index >= 15 is 0 Å². The van der Waals surface area contributed by atoms with Crippen molar-refractivity contribution in [1.82, 2.24) is 14.1 Å². The number of carboxylic acid groups (broad SMARTS) is 1. The SMILES string of the molecule is Cc1cc(N2CCOCC2)c(C#N)cc1-n1c(=NC(=O)O)n(C)c2cnc3ccc(-c4cccc(F)c4)cc3c21. The molecule has 1 amide bonds. The number of hydrogen-bond donors (Lipinski definition) is 1. The van der Waals surface area contributed by atoms with Crippen molar-refractivity contribution in [2.75, 3.05) is 31.2 Å². The third-order valence-corrected chi connectivity index (χ3v) is 7.29. The van der Waals surface area contributed by atoms with E-state index in [-0.39, 0.29) is 11.4 Å². The molecule has 6 rings (SSSR count). The predicted octanol–water partition coefficient (Wildman–Crippen LogP) is 4.92. The number of rotatable bonds is 3. The minimum atomic E-state index is -1.35. The zero-order chi connectivity index (χ0) is 28.0. The van der Waals surface area contributed by atoms with Crippen LogP contribution < -0.4 is 10.5 Å². The number of aromatic nitrogens is 3. The van der Waals surface area contributed by atoms with E-state index < -0.39 is 6.09 Å². The van der Waals surface area contributed by atoms with Gasteiger partial charge >= 0.3 is 6.09 Å². The molecule has 0 bridgehead atoms. The van der Waals surface area contributed by atoms with Gasteiger partial charge in [0.15, 0.2) is 0 Å². The number of imidazole rings is 1. The van der Waals surface area contributed by atoms with Gasteiger partial charge in [-0.25, -0.2) is 9.18 Å². The molecule has 1 fully saturated rings. The lowest BCUT2D eigenvalue weighted by Crippen LogP contribution is -2.36. The molecule has 9 nitrogen and oxygen atoms in total. The summed E-state index contributed by atoms with van der Waals surface area (Å²) in [5.74, 6) is -0.341. The Labute approximate surface area is 228 Å². The van der Waals surface area contributed by atoms with E-state index in [4.69, 9.17) is 4.74 Å². The predicted molar refractivity (Wildman–Crippen MR) is 149 cm³/mol. The summed E-state index contributed by atoms with van der Waals surface area (Å²) in [6, 6.07) is 18.1. The van der Waals surface area contributed by atoms with E-state index in [0.717, 1.165) is 22.2 Å². The molecular formula is C30H25FN6O3. The summed E-state index contributed by atoms with van der Waals surface area (Å²) in [5, 5.41) is 20.5. The van der Waals surface area contributed by atoms with Gasteiger partial charge in [-0.15, -0.1) is 4.99 Å². The van der Waals surface area contributed by atoms with Gasteiger partial charge in [0, 0.05) is 25.5 Å². The van der Waals surface area contributed by atoms with Crippen LogP contribution >= 0.6 is 0 Å². The summed E-state index contributed by atoms with van der Waals surface area (Å²) in [7, 11) is 1.73. The molecule has 1 saturated heterocycles. The number of amides is 1. The van der Waals surface area contributed by atoms with Crippen LogP contribution in [0.4, 0.5) is 14.9 Å². The van der Waals surface area contributed by atoms with Crippen molar-refractivity contribution >= 4 is 33.7 Å². The first-order chi connectivity index (χ1) is 19.4. The molecule has 0 saturated carbocycles. The smallest absolute Gasteiger partial charge is 0.434 e. The molecule has 200 valence electrons. The normalized spacial score (nSPS) is 14.2. The summed E-state index contributed by atoms with van der Waals surface area (Å²) >= 11 is 0. The lowest BCUT2D eigenvalue weighted by Gasteiger charge is -2.30. The van der Waals surface area contributed by atoms with Crippen molar-refractivity contribution in [3.63, 3.8) is 0 Å². The molecule has 3 aromatic carbocycles. The van der Waals surface area contributed by atoms with Crippen LogP contribution in [0.25, 0.3) is 38.8 Å². The second-order valence-electron chi connectivity index (χ2n) is 9.69. The molecule has 3 heterocycles. The Balaban J connectivity index is 1.69. The molecule has 0 radical (unpaired) electrons. The number of halogens is 1. The largest absolute Gasteiger partial charge is 0.463 e. The van der Waals surface area contributed by atoms with Crippen molar-refractivity contribution in [2.45, 2.75) is 6.92 Å². The number of nitrogens with zero attached hydrogens (tertiary/aromatic N) is 6. The van der Waals surface area contributed by atoms with Gasteiger partial charge in [-0.1, -0.05) is 18.2 Å². The van der Waals surface area contributed by atoms with Crippen LogP contribution in [0, 0.1) is 24.1 Å². The summed E-state index contributed by atoms with van der Waals surface area (Å²) in [5.41, 5.74) is 6.40. The van der Waals surface area contributed by atoms with Gasteiger partial charge in [0.1, 0.15) is 11.9 Å². The molecule has 40 heavy (non-hydrogen) atoms. The zero-order valence-electron chi connectivity index (χ0n) is 21.9. The number of ether oxygens (including phenoxy) is 1. The third kappa shape index (κ3) is 4.26. The number of fused-ring (bicyclic) bond motifs is 3. The van der Waals surface area contributed by atoms with Crippen LogP contribution in [0.15, 0.2) is 65.8 Å². The lowest BCUT2D eigenvalue weighted by molar-refractivity contribution is 0.122. The highest BCUT2D eigenvalue weighted by atomic mass is 19.1. The minimum Gasteiger partial charge on any atom is -0.463 e. The summed E-state index contributed by atoms with van der Waals surface area (Å²) in [6.07, 6.45) is 0.333. The molecule has 5 aromatic rings. The number of anilines is 1. The van der Waals surface area contributed by atoms with Crippen molar-refractivity contribution < 1.29 is 19.0 Å². The number of carbonyl (C=O) groups is 1. The Hall–Kier alpha value is -5.01. The van der Waals surface area contributed by atoms with Gasteiger partial charge in [0.05, 0.1) is 52.9 Å². The van der Waals surface area contributed by atoms with Crippen LogP contribution in [0.3, 0.4) is 0 Å². The summed E-state index contributed by atoms with van der Waals surface area (Å²) < 4.78 is 23.0. The Kier molecular flexibility index (Phi) is 6.28. The maximum atomic E-state index is 14.0. The lowest BCUT2D eigenvalue weighted by atomic mass is 10.0. The molecule has 10 heteroatoms. The molecule has 2 aromatic heterocycles. The van der Waals surface area contributed by atoms with E-state index in [1.165, 1.54) is 12.1 Å². The minimum absolute atomic E-state index is 0.166. The highest BCUT2D eigenvalue weighted by Crippen LogP contribution is 2.33. The fourth-order valence-electron chi connectivity index (χ4n) is 5.37. The number of pyridine rings is 1. The summed E-state index contributed by atoms with van der Waals surface area (Å²) in [6.45, 7) is 4.44. The molecular weight excluding hydrogens is 511 g/mol. The second kappa shape index (κ2) is 9.94. The number of aryl methyl sites for hydroxylation is 2. The standard InChI is InChI=1S/C30H25FN6O3/c1-18-12-26(36-8-10-40-11-9-36)21(16-32)15-25(18)37-28-23-14-20(19-4-3-5-22(31)13-19)6-7-24(23)33-17-27(28)35(2)29(37)34-30(38)39/h3-7,12-15,17H,8-11H2,1-2H3,(H,38,39). The highest BCUT2D eigenvalue weighted by molar-refractivity contribution is 6.04. The van der Waals surface area contributed by atoms with Crippen LogP contribution in [0.1, 0.15) is 11.1 Å². The molecule has 1 aliphatic rings. The quantitative estimate of drug-likeness (QED) is 0.351. The summed E-state index contributed by atoms with van der Waals surface area (Å²) in [4.78, 5) is 22.5. The topological polar surface area (TPSA) is 109 Å². The van der Waals surface area contributed by atoms with Crippen LogP contribution in [0.2, 0.25) is 0 Å². The first-order valence-electron chi connectivity index (χ1n) is 12.8. The Morgan fingerprint density at radius 2 is 1.88 bits per heavy atom. The van der Waals surface area contributed by atoms with Crippen molar-refractivity contribution in [3.05, 3.63) is 83.4 Å². The first kappa shape index (κ1) is 25.3. The zero-order valence-corrected chi connectivity index (χ0v) is 21.9. The number of morpholine rings is 1. The van der Waals surface area contributed by atoms with Gasteiger partial charge in [-0.05, 0) is 60.0 Å². The molecule has 1 N–H and O–H groups in total. The molecule has 1 aliphatic heterocycles. The maximum Gasteiger partial charge on any atom is 0.434 e. The number of nitriles is 1. The Morgan fingerprint density at radius 3 is 2.60 bits per heavy atom. The molecule has 0 unspecified atom stereocenters. The van der Waals surface area contributed by atoms with Gasteiger partial charge in [-0.2, -0.15) is 5.26 Å². The molecule has 0 aliphatic carbocycles. The van der Waals surface area contributed by atoms with Crippen LogP contribution in [-0.4, -0.2) is 51.6 Å². The van der Waals surface area contributed by atoms with E-state index in [1.807, 2.05) is 37.3 Å². The average molecular weight is 537 g/mol. The monoisotopic (exact) mass is 536 g/mol. The molecule has 0 spiro atoms. The van der Waals surface area contributed by atoms with E-state index in [1.54, 1.807) is 34.5 Å². The highest BCUT2D eigenvalue weighted by Gasteiger charge is 2.22. The van der Waals surface area contributed by atoms with Crippen LogP contribution in [-0.2, 0) is 11.8 Å². The first-order valence-corrected chi connectivity index (χ1v) is 12.8. The van der Waals surface area contributed by atoms with Crippen molar-refractivity contribution in [2.24, 2.45) is 12.0 Å². The van der Waals surface area contributed by atoms with E-state index in [0.29, 0.717) is 59.7 Å². The van der Waals surface area contributed by atoms with Crippen LogP contribution in [0.5, 0.6) is 0 Å². The van der Waals surface area contributed by atoms with Gasteiger partial charge in [-0.3, -0.25) is 9.55 Å². The second-order valence-corrected chi connectivity index (χ2v) is 9.69. The number of hydrogen-bond acceptors (Lipinski definition) is 5. The molecule has 0 atom stereocenters. The number of benzene rings is 3. The van der Waals surface area contributed by atoms with Crippen molar-refractivity contribution in [1.29, 1.82) is 5.26 Å². The van der Waals surface area contributed by atoms with Gasteiger partial charge < -0.3 is 19.3 Å². The van der Waals surface area contributed by atoms with Crippen molar-refractivity contribution in [3.8, 4) is 22.9 Å². The average Bonchev–Trinajstić information content (AvgIpc) is 3.23. The fourth-order valence-corrected chi connectivity index (χ4v) is 5.37. The fraction of sp³-hybridized carbons (Fsp3) is 0.200. The van der Waals surface area contributed by atoms with Gasteiger partial charge in [0.2, 0.25) is 5.62 Å². The van der Waals surface area contributed by atoms with E-state index in [2.05, 4.69) is 20.9 Å². The van der Waals surface area contributed by atoms with E-state index in [9.17, 15) is 19.6 Å². The Bertz CT molecular complexity index is 1930. The van der Waals surface area contributed by atoms with Gasteiger partial charge in [0.25, 0.3) is 0 Å².